The Morgan fingerprint density at radius 3 is 2.26 bits per heavy atom. The first-order valence-corrected chi connectivity index (χ1v) is 10.5. The Kier molecular flexibility index (Phi) is 8.09. The van der Waals surface area contributed by atoms with Gasteiger partial charge in [-0.2, -0.15) is 9.97 Å². The predicted octanol–water partition coefficient (Wildman–Crippen LogP) is 0.505. The molecule has 2 amide bonds. The molecular formula is C16H25N9O5S. The normalized spacial score (nSPS) is 11.0. The number of hydrogen-bond acceptors (Lipinski definition) is 12. The number of ether oxygens (including phenoxy) is 2. The molecule has 2 aromatic rings. The van der Waals surface area contributed by atoms with Gasteiger partial charge in [-0.15, -0.1) is 0 Å². The molecule has 0 unspecified atom stereocenters. The number of hydrogen-bond donors (Lipinski definition) is 4. The van der Waals surface area contributed by atoms with Crippen LogP contribution in [0.3, 0.4) is 0 Å². The van der Waals surface area contributed by atoms with Crippen LogP contribution in [0, 0.1) is 0 Å². The second-order valence-electron chi connectivity index (χ2n) is 6.17. The minimum Gasteiger partial charge on any atom is -0.481 e. The van der Waals surface area contributed by atoms with Gasteiger partial charge in [0.2, 0.25) is 17.7 Å². The van der Waals surface area contributed by atoms with Gasteiger partial charge in [-0.05, 0) is 6.42 Å². The molecule has 0 saturated heterocycles. The van der Waals surface area contributed by atoms with Crippen molar-refractivity contribution in [3.63, 3.8) is 0 Å². The average Bonchev–Trinajstić information content (AvgIpc) is 2.70. The summed E-state index contributed by atoms with van der Waals surface area (Å²) in [5.41, 5.74) is 2.78. The first kappa shape index (κ1) is 23.8. The lowest BCUT2D eigenvalue weighted by Gasteiger charge is -2.18. The minimum absolute atomic E-state index is 0.0156. The summed E-state index contributed by atoms with van der Waals surface area (Å²) < 4.78 is 38.0. The Morgan fingerprint density at radius 2 is 1.71 bits per heavy atom. The molecule has 0 aliphatic rings. The number of nitrogens with zero attached hydrogens (tertiary/aromatic N) is 5. The fraction of sp³-hybridized carbons (Fsp3) is 0.438. The van der Waals surface area contributed by atoms with E-state index in [1.807, 2.05) is 11.6 Å². The summed E-state index contributed by atoms with van der Waals surface area (Å²) in [5.74, 6) is 0.0400. The summed E-state index contributed by atoms with van der Waals surface area (Å²) in [5, 5.41) is 6.66. The fourth-order valence-corrected chi connectivity index (χ4v) is 3.39. The van der Waals surface area contributed by atoms with E-state index in [9.17, 15) is 13.2 Å². The van der Waals surface area contributed by atoms with E-state index in [0.717, 1.165) is 6.42 Å². The van der Waals surface area contributed by atoms with E-state index in [4.69, 9.17) is 9.47 Å². The van der Waals surface area contributed by atoms with Gasteiger partial charge in [0.15, 0.2) is 16.5 Å². The maximum atomic E-state index is 13.0. The lowest BCUT2D eigenvalue weighted by Crippen LogP contribution is -2.36. The average molecular weight is 456 g/mol. The number of aromatic nitrogens is 4. The largest absolute Gasteiger partial charge is 0.481 e. The Morgan fingerprint density at radius 1 is 1.10 bits per heavy atom. The fourth-order valence-electron chi connectivity index (χ4n) is 2.26. The minimum atomic E-state index is -4.41. The molecule has 0 atom stereocenters. The number of amides is 2. The molecule has 0 fully saturated rings. The summed E-state index contributed by atoms with van der Waals surface area (Å²) in [6.07, 6.45) is 1.93. The molecule has 0 aromatic carbocycles. The lowest BCUT2D eigenvalue weighted by atomic mass is 10.4. The van der Waals surface area contributed by atoms with Gasteiger partial charge in [0.05, 0.1) is 20.3 Å². The molecule has 4 N–H and O–H groups in total. The molecule has 0 aliphatic carbocycles. The molecule has 2 heterocycles. The van der Waals surface area contributed by atoms with Crippen LogP contribution >= 0.6 is 0 Å². The summed E-state index contributed by atoms with van der Waals surface area (Å²) in [7, 11) is 1.65. The number of rotatable bonds is 10. The smallest absolute Gasteiger partial charge is 0.335 e. The van der Waals surface area contributed by atoms with Gasteiger partial charge in [-0.1, -0.05) is 6.92 Å². The topological polar surface area (TPSA) is 173 Å². The highest BCUT2D eigenvalue weighted by Crippen LogP contribution is 2.26. The van der Waals surface area contributed by atoms with Crippen molar-refractivity contribution in [2.75, 3.05) is 50.9 Å². The summed E-state index contributed by atoms with van der Waals surface area (Å²) in [6.45, 7) is 2.38. The van der Waals surface area contributed by atoms with Gasteiger partial charge >= 0.3 is 6.03 Å². The molecule has 170 valence electrons. The zero-order valence-electron chi connectivity index (χ0n) is 17.8. The predicted molar refractivity (Wildman–Crippen MR) is 113 cm³/mol. The summed E-state index contributed by atoms with van der Waals surface area (Å²) >= 11 is 0. The van der Waals surface area contributed by atoms with E-state index in [0.29, 0.717) is 6.54 Å². The first-order chi connectivity index (χ1) is 14.7. The highest BCUT2D eigenvalue weighted by atomic mass is 32.2. The number of anilines is 3. The molecule has 31 heavy (non-hydrogen) atoms. The van der Waals surface area contributed by atoms with Crippen molar-refractivity contribution >= 4 is 33.6 Å². The molecule has 14 nitrogen and oxygen atoms in total. The molecule has 0 bridgehead atoms. The van der Waals surface area contributed by atoms with Crippen molar-refractivity contribution < 1.29 is 22.7 Å². The van der Waals surface area contributed by atoms with E-state index >= 15 is 0 Å². The molecule has 0 saturated carbocycles. The highest BCUT2D eigenvalue weighted by Gasteiger charge is 2.28. The van der Waals surface area contributed by atoms with Crippen molar-refractivity contribution in [2.45, 2.75) is 18.2 Å². The van der Waals surface area contributed by atoms with E-state index in [-0.39, 0.29) is 34.2 Å². The van der Waals surface area contributed by atoms with Crippen LogP contribution in [-0.4, -0.2) is 74.3 Å². The Balaban J connectivity index is 2.33. The van der Waals surface area contributed by atoms with Crippen LogP contribution in [0.1, 0.15) is 13.3 Å². The van der Waals surface area contributed by atoms with Gasteiger partial charge in [-0.3, -0.25) is 5.32 Å². The number of sulfonamides is 1. The standard InChI is InChI=1S/C16H25N9O5S/c1-6-7-17-13-12(14(19-9-18-13)23-25(2)3)31(27,28)24-16(26)22-15-20-10(29-4)8-11(21-15)30-5/h8-9H,6-7H2,1-5H3,(H2,17,18,19,23)(H2,20,21,22,24,26). The molecule has 15 heteroatoms. The maximum absolute atomic E-state index is 13.0. The van der Waals surface area contributed by atoms with Crippen LogP contribution in [0.5, 0.6) is 11.8 Å². The second-order valence-corrected chi connectivity index (χ2v) is 7.79. The Hall–Kier alpha value is -3.46. The molecule has 0 aliphatic heterocycles. The number of methoxy groups -OCH3 is 2. The van der Waals surface area contributed by atoms with E-state index in [1.165, 1.54) is 31.6 Å². The number of hydrazine groups is 1. The third-order valence-electron chi connectivity index (χ3n) is 3.49. The van der Waals surface area contributed by atoms with Gasteiger partial charge in [0.25, 0.3) is 10.0 Å². The van der Waals surface area contributed by atoms with E-state index < -0.39 is 16.1 Å². The van der Waals surface area contributed by atoms with Gasteiger partial charge < -0.3 is 20.2 Å². The van der Waals surface area contributed by atoms with Gasteiger partial charge in [0.1, 0.15) is 6.33 Å². The summed E-state index contributed by atoms with van der Waals surface area (Å²) in [6, 6.07) is 0.294. The third kappa shape index (κ3) is 6.51. The van der Waals surface area contributed by atoms with Crippen LogP contribution in [0.15, 0.2) is 17.3 Å². The van der Waals surface area contributed by atoms with Crippen molar-refractivity contribution in [1.82, 2.24) is 29.7 Å². The van der Waals surface area contributed by atoms with Crippen molar-refractivity contribution in [3.8, 4) is 11.8 Å². The zero-order valence-corrected chi connectivity index (χ0v) is 18.6. The number of carbonyl (C=O) groups is 1. The van der Waals surface area contributed by atoms with Crippen molar-refractivity contribution in [3.05, 3.63) is 12.4 Å². The van der Waals surface area contributed by atoms with Gasteiger partial charge in [0, 0.05) is 20.6 Å². The number of nitrogens with one attached hydrogen (secondary N) is 4. The van der Waals surface area contributed by atoms with E-state index in [2.05, 4.69) is 36.0 Å². The Labute approximate surface area is 179 Å². The van der Waals surface area contributed by atoms with Crippen LogP contribution in [-0.2, 0) is 10.0 Å². The molecule has 0 radical (unpaired) electrons. The molecule has 2 aromatic heterocycles. The Bertz CT molecular complexity index is 994. The highest BCUT2D eigenvalue weighted by molar-refractivity contribution is 7.90. The van der Waals surface area contributed by atoms with Crippen LogP contribution < -0.4 is 30.3 Å². The van der Waals surface area contributed by atoms with Crippen LogP contribution in [0.4, 0.5) is 22.4 Å². The van der Waals surface area contributed by atoms with E-state index in [1.54, 1.807) is 14.1 Å². The first-order valence-electron chi connectivity index (χ1n) is 9.03. The quantitative estimate of drug-likeness (QED) is 0.366. The molecule has 2 rings (SSSR count). The third-order valence-corrected chi connectivity index (χ3v) is 4.87. The van der Waals surface area contributed by atoms with Crippen molar-refractivity contribution in [1.29, 1.82) is 0 Å². The number of carbonyl (C=O) groups excluding carboxylic acids is 1. The van der Waals surface area contributed by atoms with Crippen LogP contribution in [0.2, 0.25) is 0 Å². The lowest BCUT2D eigenvalue weighted by molar-refractivity contribution is 0.256. The van der Waals surface area contributed by atoms with Crippen LogP contribution in [0.25, 0.3) is 0 Å². The SMILES string of the molecule is CCCNc1ncnc(NN(C)C)c1S(=O)(=O)NC(=O)Nc1nc(OC)cc(OC)n1. The maximum Gasteiger partial charge on any atom is 0.335 e. The molecular weight excluding hydrogens is 430 g/mol. The monoisotopic (exact) mass is 455 g/mol. The molecule has 0 spiro atoms. The number of urea groups is 1. The second kappa shape index (κ2) is 10.5. The summed E-state index contributed by atoms with van der Waals surface area (Å²) in [4.78, 5) is 27.9. The zero-order chi connectivity index (χ0) is 23.0. The van der Waals surface area contributed by atoms with Crippen molar-refractivity contribution in [2.24, 2.45) is 0 Å². The van der Waals surface area contributed by atoms with Gasteiger partial charge in [-0.25, -0.2) is 32.9 Å².